The van der Waals surface area contributed by atoms with Gasteiger partial charge in [0.15, 0.2) is 0 Å². The molecule has 1 amide bonds. The van der Waals surface area contributed by atoms with Gasteiger partial charge in [-0.1, -0.05) is 13.8 Å². The number of hydrogen-bond acceptors (Lipinski definition) is 6. The topological polar surface area (TPSA) is 62.2 Å². The van der Waals surface area contributed by atoms with Gasteiger partial charge in [0, 0.05) is 54.9 Å². The van der Waals surface area contributed by atoms with E-state index in [-0.39, 0.29) is 12.0 Å². The summed E-state index contributed by atoms with van der Waals surface area (Å²) in [5.74, 6) is 1.62. The van der Waals surface area contributed by atoms with Gasteiger partial charge in [0.1, 0.15) is 5.82 Å². The number of thiazole rings is 1. The zero-order valence-electron chi connectivity index (χ0n) is 15.3. The van der Waals surface area contributed by atoms with Crippen molar-refractivity contribution >= 4 is 17.2 Å². The van der Waals surface area contributed by atoms with Crippen molar-refractivity contribution in [2.45, 2.75) is 51.7 Å². The van der Waals surface area contributed by atoms with Crippen LogP contribution in [-0.2, 0) is 17.9 Å². The normalized spacial score (nSPS) is 23.7. The maximum atomic E-state index is 12.9. The number of carbonyl (C=O) groups excluding carboxylic acids is 1. The molecule has 2 atom stereocenters. The van der Waals surface area contributed by atoms with Gasteiger partial charge in [0.25, 0.3) is 0 Å². The molecule has 3 aliphatic rings. The second-order valence-corrected chi connectivity index (χ2v) is 8.39. The highest BCUT2D eigenvalue weighted by Gasteiger charge is 2.40. The lowest BCUT2D eigenvalue weighted by molar-refractivity contribution is -0.140. The minimum Gasteiger partial charge on any atom is -0.332 e. The SMILES string of the molecule is CC(C)c1ncc(CN2C[C@@H]3CC[C@H](C2)N(Cc2cscn2)C3=O)cn1. The molecule has 3 saturated heterocycles. The van der Waals surface area contributed by atoms with Crippen LogP contribution < -0.4 is 0 Å². The minimum absolute atomic E-state index is 0.100. The molecule has 26 heavy (non-hydrogen) atoms. The van der Waals surface area contributed by atoms with E-state index in [2.05, 4.69) is 38.6 Å². The Kier molecular flexibility index (Phi) is 5.00. The highest BCUT2D eigenvalue weighted by molar-refractivity contribution is 7.07. The van der Waals surface area contributed by atoms with Crippen molar-refractivity contribution in [1.82, 2.24) is 24.8 Å². The fourth-order valence-corrected chi connectivity index (χ4v) is 4.51. The average molecular weight is 372 g/mol. The van der Waals surface area contributed by atoms with Gasteiger partial charge < -0.3 is 4.90 Å². The van der Waals surface area contributed by atoms with Crippen LogP contribution in [0.3, 0.4) is 0 Å². The third-order valence-corrected chi connectivity index (χ3v) is 5.97. The summed E-state index contributed by atoms with van der Waals surface area (Å²) in [4.78, 5) is 30.7. The number of nitrogens with zero attached hydrogens (tertiary/aromatic N) is 5. The van der Waals surface area contributed by atoms with Gasteiger partial charge in [-0.15, -0.1) is 11.3 Å². The second-order valence-electron chi connectivity index (χ2n) is 7.67. The summed E-state index contributed by atoms with van der Waals surface area (Å²) < 4.78 is 0. The maximum Gasteiger partial charge on any atom is 0.227 e. The summed E-state index contributed by atoms with van der Waals surface area (Å²) in [5, 5.41) is 2.04. The summed E-state index contributed by atoms with van der Waals surface area (Å²) in [5.41, 5.74) is 3.96. The van der Waals surface area contributed by atoms with Gasteiger partial charge in [-0.2, -0.15) is 0 Å². The van der Waals surface area contributed by atoms with E-state index in [1.807, 2.05) is 23.3 Å². The van der Waals surface area contributed by atoms with Gasteiger partial charge in [0.05, 0.1) is 23.7 Å². The third-order valence-electron chi connectivity index (χ3n) is 5.33. The number of hydrogen-bond donors (Lipinski definition) is 0. The van der Waals surface area contributed by atoms with Crippen molar-refractivity contribution in [3.05, 3.63) is 40.4 Å². The summed E-state index contributed by atoms with van der Waals surface area (Å²) in [6.07, 6.45) is 5.95. The van der Waals surface area contributed by atoms with Crippen LogP contribution in [0.25, 0.3) is 0 Å². The molecule has 138 valence electrons. The maximum absolute atomic E-state index is 12.9. The highest BCUT2D eigenvalue weighted by Crippen LogP contribution is 2.31. The summed E-state index contributed by atoms with van der Waals surface area (Å²) in [6, 6.07) is 0.277. The first-order valence-electron chi connectivity index (χ1n) is 9.31. The van der Waals surface area contributed by atoms with Crippen LogP contribution in [-0.4, -0.2) is 49.8 Å². The van der Waals surface area contributed by atoms with Crippen LogP contribution in [0.15, 0.2) is 23.3 Å². The Hall–Kier alpha value is -1.86. The van der Waals surface area contributed by atoms with Crippen molar-refractivity contribution in [2.24, 2.45) is 5.92 Å². The molecule has 0 unspecified atom stereocenters. The standard InChI is InChI=1S/C19H25N5OS/c1-13(2)18-20-5-14(6-21-18)7-23-8-15-3-4-17(10-23)24(19(15)25)9-16-11-26-12-22-16/h5-6,11-13,15,17H,3-4,7-10H2,1-2H3/t15-,17+/m0/s1. The van der Waals surface area contributed by atoms with E-state index >= 15 is 0 Å². The lowest BCUT2D eigenvalue weighted by Crippen LogP contribution is -2.47. The molecule has 3 aliphatic heterocycles. The molecule has 7 heteroatoms. The van der Waals surface area contributed by atoms with E-state index in [9.17, 15) is 4.79 Å². The van der Waals surface area contributed by atoms with E-state index in [1.165, 1.54) is 0 Å². The number of piperidine rings is 1. The molecule has 5 rings (SSSR count). The second kappa shape index (κ2) is 7.40. The number of rotatable bonds is 5. The lowest BCUT2D eigenvalue weighted by Gasteiger charge is -2.35. The quantitative estimate of drug-likeness (QED) is 0.809. The van der Waals surface area contributed by atoms with Crippen LogP contribution in [0.4, 0.5) is 0 Å². The fourth-order valence-electron chi connectivity index (χ4n) is 3.96. The fraction of sp³-hybridized carbons (Fsp3) is 0.579. The van der Waals surface area contributed by atoms with Crippen molar-refractivity contribution in [3.63, 3.8) is 0 Å². The molecule has 0 N–H and O–H groups in total. The van der Waals surface area contributed by atoms with Gasteiger partial charge in [-0.05, 0) is 12.8 Å². The predicted molar refractivity (Wildman–Crippen MR) is 101 cm³/mol. The average Bonchev–Trinajstić information content (AvgIpc) is 3.01. The molecule has 6 nitrogen and oxygen atoms in total. The predicted octanol–water partition coefficient (Wildman–Crippen LogP) is 2.68. The van der Waals surface area contributed by atoms with Crippen molar-refractivity contribution in [3.8, 4) is 0 Å². The zero-order chi connectivity index (χ0) is 18.1. The first kappa shape index (κ1) is 17.5. The molecule has 0 saturated carbocycles. The zero-order valence-corrected chi connectivity index (χ0v) is 16.2. The van der Waals surface area contributed by atoms with Crippen LogP contribution in [0.5, 0.6) is 0 Å². The lowest BCUT2D eigenvalue weighted by atomic mass is 9.94. The molecule has 2 bridgehead atoms. The molecular formula is C19H25N5OS. The number of fused-ring (bicyclic) bond motifs is 4. The van der Waals surface area contributed by atoms with Crippen molar-refractivity contribution in [2.75, 3.05) is 13.1 Å². The number of aromatic nitrogens is 3. The molecular weight excluding hydrogens is 346 g/mol. The van der Waals surface area contributed by atoms with Crippen LogP contribution in [0.1, 0.15) is 49.7 Å². The first-order valence-corrected chi connectivity index (χ1v) is 10.2. The summed E-state index contributed by atoms with van der Waals surface area (Å²) >= 11 is 1.59. The van der Waals surface area contributed by atoms with Crippen molar-refractivity contribution in [1.29, 1.82) is 0 Å². The Morgan fingerprint density at radius 2 is 1.96 bits per heavy atom. The van der Waals surface area contributed by atoms with Gasteiger partial charge in [0.2, 0.25) is 5.91 Å². The number of carbonyl (C=O) groups is 1. The Bertz CT molecular complexity index is 746. The van der Waals surface area contributed by atoms with E-state index in [0.717, 1.165) is 49.6 Å². The van der Waals surface area contributed by atoms with E-state index in [0.29, 0.717) is 18.4 Å². The Labute approximate surface area is 158 Å². The van der Waals surface area contributed by atoms with E-state index in [4.69, 9.17) is 0 Å². The molecule has 5 heterocycles. The largest absolute Gasteiger partial charge is 0.332 e. The molecule has 3 fully saturated rings. The molecule has 0 aliphatic carbocycles. The molecule has 0 radical (unpaired) electrons. The van der Waals surface area contributed by atoms with Crippen molar-refractivity contribution < 1.29 is 4.79 Å². The smallest absolute Gasteiger partial charge is 0.227 e. The molecule has 2 aromatic rings. The van der Waals surface area contributed by atoms with E-state index < -0.39 is 0 Å². The summed E-state index contributed by atoms with van der Waals surface area (Å²) in [6.45, 7) is 7.40. The van der Waals surface area contributed by atoms with Gasteiger partial charge in [-0.25, -0.2) is 15.0 Å². The molecule has 2 aromatic heterocycles. The van der Waals surface area contributed by atoms with Crippen LogP contribution in [0.2, 0.25) is 0 Å². The number of amides is 1. The third kappa shape index (κ3) is 3.64. The summed E-state index contributed by atoms with van der Waals surface area (Å²) in [7, 11) is 0. The molecule has 0 spiro atoms. The van der Waals surface area contributed by atoms with Gasteiger partial charge >= 0.3 is 0 Å². The monoisotopic (exact) mass is 371 g/mol. The van der Waals surface area contributed by atoms with Crippen LogP contribution >= 0.6 is 11.3 Å². The Balaban J connectivity index is 1.46. The Morgan fingerprint density at radius 3 is 2.65 bits per heavy atom. The molecule has 0 aromatic carbocycles. The van der Waals surface area contributed by atoms with Gasteiger partial charge in [-0.3, -0.25) is 9.69 Å². The Morgan fingerprint density at radius 1 is 1.15 bits per heavy atom. The highest BCUT2D eigenvalue weighted by atomic mass is 32.1. The first-order chi connectivity index (χ1) is 12.6. The van der Waals surface area contributed by atoms with E-state index in [1.54, 1.807) is 11.3 Å². The van der Waals surface area contributed by atoms with Crippen LogP contribution in [0, 0.1) is 5.92 Å². The minimum atomic E-state index is 0.100.